The van der Waals surface area contributed by atoms with Gasteiger partial charge in [-0.15, -0.1) is 0 Å². The Morgan fingerprint density at radius 2 is 2.12 bits per heavy atom. The Bertz CT molecular complexity index is 366. The third-order valence-corrected chi connectivity index (χ3v) is 2.55. The predicted octanol–water partition coefficient (Wildman–Crippen LogP) is -0.162. The van der Waals surface area contributed by atoms with E-state index in [2.05, 4.69) is 9.88 Å². The van der Waals surface area contributed by atoms with Crippen LogP contribution in [0.4, 0.5) is 11.5 Å². The second-order valence-electron chi connectivity index (χ2n) is 3.83. The van der Waals surface area contributed by atoms with Crippen molar-refractivity contribution in [3.05, 3.63) is 12.1 Å². The van der Waals surface area contributed by atoms with Crippen molar-refractivity contribution in [1.82, 2.24) is 4.98 Å². The van der Waals surface area contributed by atoms with Gasteiger partial charge < -0.3 is 25.8 Å². The molecule has 1 saturated heterocycles. The van der Waals surface area contributed by atoms with Gasteiger partial charge in [-0.3, -0.25) is 0 Å². The summed E-state index contributed by atoms with van der Waals surface area (Å²) >= 11 is 0. The molecule has 0 aliphatic carbocycles. The second-order valence-corrected chi connectivity index (χ2v) is 3.83. The summed E-state index contributed by atoms with van der Waals surface area (Å²) in [6, 6.07) is 3.73. The molecular weight excluding hydrogens is 220 g/mol. The summed E-state index contributed by atoms with van der Waals surface area (Å²) in [4.78, 5) is 6.31. The van der Waals surface area contributed by atoms with E-state index < -0.39 is 0 Å². The van der Waals surface area contributed by atoms with Crippen LogP contribution in [0.1, 0.15) is 0 Å². The van der Waals surface area contributed by atoms with Crippen molar-refractivity contribution in [1.29, 1.82) is 0 Å². The highest BCUT2D eigenvalue weighted by Gasteiger charge is 2.13. The largest absolute Gasteiger partial charge is 0.476 e. The van der Waals surface area contributed by atoms with Crippen LogP contribution >= 0.6 is 0 Å². The Morgan fingerprint density at radius 3 is 2.82 bits per heavy atom. The van der Waals surface area contributed by atoms with Crippen LogP contribution in [0, 0.1) is 0 Å². The zero-order valence-electron chi connectivity index (χ0n) is 9.76. The molecule has 0 bridgehead atoms. The smallest absolute Gasteiger partial charge is 0.217 e. The van der Waals surface area contributed by atoms with Gasteiger partial charge in [0.1, 0.15) is 12.4 Å². The van der Waals surface area contributed by atoms with E-state index in [1.54, 1.807) is 0 Å². The summed E-state index contributed by atoms with van der Waals surface area (Å²) in [5.74, 6) is 0.984. The first-order valence-electron chi connectivity index (χ1n) is 5.73. The summed E-state index contributed by atoms with van der Waals surface area (Å²) in [5, 5.41) is 0. The molecule has 2 rings (SSSR count). The molecule has 1 aromatic rings. The minimum Gasteiger partial charge on any atom is -0.476 e. The molecule has 17 heavy (non-hydrogen) atoms. The van der Waals surface area contributed by atoms with Crippen LogP contribution in [0.5, 0.6) is 5.88 Å². The number of aromatic nitrogens is 1. The Kier molecular flexibility index (Phi) is 4.00. The number of hydrogen-bond donors (Lipinski definition) is 2. The van der Waals surface area contributed by atoms with Gasteiger partial charge in [-0.25, -0.2) is 0 Å². The SMILES string of the molecule is NCCOc1cc(N2CCOCC2)cc(N)n1. The van der Waals surface area contributed by atoms with Crippen LogP contribution < -0.4 is 21.1 Å². The molecular formula is C11H18N4O2. The van der Waals surface area contributed by atoms with E-state index >= 15 is 0 Å². The highest BCUT2D eigenvalue weighted by atomic mass is 16.5. The molecule has 0 spiro atoms. The highest BCUT2D eigenvalue weighted by Crippen LogP contribution is 2.23. The van der Waals surface area contributed by atoms with Gasteiger partial charge in [0.25, 0.3) is 0 Å². The highest BCUT2D eigenvalue weighted by molar-refractivity contribution is 5.55. The Balaban J connectivity index is 2.12. The van der Waals surface area contributed by atoms with E-state index in [0.717, 1.165) is 32.0 Å². The number of anilines is 2. The van der Waals surface area contributed by atoms with Crippen LogP contribution in [0.2, 0.25) is 0 Å². The Hall–Kier alpha value is -1.53. The van der Waals surface area contributed by atoms with Crippen LogP contribution in [0.25, 0.3) is 0 Å². The molecule has 2 heterocycles. The fourth-order valence-corrected chi connectivity index (χ4v) is 1.75. The molecule has 94 valence electrons. The molecule has 4 N–H and O–H groups in total. The number of rotatable bonds is 4. The van der Waals surface area contributed by atoms with Crippen molar-refractivity contribution < 1.29 is 9.47 Å². The molecule has 0 radical (unpaired) electrons. The van der Waals surface area contributed by atoms with Gasteiger partial charge in [0.05, 0.1) is 13.2 Å². The van der Waals surface area contributed by atoms with Gasteiger partial charge in [-0.2, -0.15) is 4.98 Å². The lowest BCUT2D eigenvalue weighted by molar-refractivity contribution is 0.122. The number of pyridine rings is 1. The molecule has 6 heteroatoms. The second kappa shape index (κ2) is 5.70. The van der Waals surface area contributed by atoms with Gasteiger partial charge in [-0.1, -0.05) is 0 Å². The quantitative estimate of drug-likeness (QED) is 0.758. The van der Waals surface area contributed by atoms with Crippen molar-refractivity contribution in [3.63, 3.8) is 0 Å². The van der Waals surface area contributed by atoms with Crippen LogP contribution in [0.3, 0.4) is 0 Å². The summed E-state index contributed by atoms with van der Waals surface area (Å²) in [5.41, 5.74) is 12.2. The molecule has 1 aromatic heterocycles. The minimum absolute atomic E-state index is 0.443. The number of ether oxygens (including phenoxy) is 2. The van der Waals surface area contributed by atoms with Crippen molar-refractivity contribution in [3.8, 4) is 5.88 Å². The lowest BCUT2D eigenvalue weighted by Gasteiger charge is -2.29. The van der Waals surface area contributed by atoms with Gasteiger partial charge in [0.15, 0.2) is 0 Å². The van der Waals surface area contributed by atoms with Crippen LogP contribution in [-0.4, -0.2) is 44.4 Å². The third-order valence-electron chi connectivity index (χ3n) is 2.55. The average molecular weight is 238 g/mol. The van der Waals surface area contributed by atoms with Crippen molar-refractivity contribution in [2.75, 3.05) is 50.1 Å². The van der Waals surface area contributed by atoms with Gasteiger partial charge in [0.2, 0.25) is 5.88 Å². The molecule has 1 aliphatic heterocycles. The number of nitrogens with two attached hydrogens (primary N) is 2. The monoisotopic (exact) mass is 238 g/mol. The predicted molar refractivity (Wildman–Crippen MR) is 66.2 cm³/mol. The molecule has 0 atom stereocenters. The summed E-state index contributed by atoms with van der Waals surface area (Å²) in [6.45, 7) is 4.10. The molecule has 0 saturated carbocycles. The fraction of sp³-hybridized carbons (Fsp3) is 0.545. The molecule has 0 amide bonds. The molecule has 1 fully saturated rings. The van der Waals surface area contributed by atoms with Crippen molar-refractivity contribution >= 4 is 11.5 Å². The van der Waals surface area contributed by atoms with E-state index in [1.165, 1.54) is 0 Å². The molecule has 0 unspecified atom stereocenters. The maximum atomic E-state index is 5.76. The Morgan fingerprint density at radius 1 is 1.35 bits per heavy atom. The maximum absolute atomic E-state index is 5.76. The van der Waals surface area contributed by atoms with Crippen LogP contribution in [0.15, 0.2) is 12.1 Å². The van der Waals surface area contributed by atoms with E-state index in [4.69, 9.17) is 20.9 Å². The average Bonchev–Trinajstić information content (AvgIpc) is 2.37. The normalized spacial score (nSPS) is 15.9. The zero-order valence-corrected chi connectivity index (χ0v) is 9.76. The zero-order chi connectivity index (χ0) is 12.1. The van der Waals surface area contributed by atoms with E-state index in [0.29, 0.717) is 24.8 Å². The lowest BCUT2D eigenvalue weighted by Crippen LogP contribution is -2.36. The van der Waals surface area contributed by atoms with E-state index in [9.17, 15) is 0 Å². The number of nitrogen functional groups attached to an aromatic ring is 1. The number of nitrogens with zero attached hydrogens (tertiary/aromatic N) is 2. The van der Waals surface area contributed by atoms with Gasteiger partial charge in [0, 0.05) is 37.5 Å². The summed E-state index contributed by atoms with van der Waals surface area (Å²) in [6.07, 6.45) is 0. The topological polar surface area (TPSA) is 86.6 Å². The summed E-state index contributed by atoms with van der Waals surface area (Å²) < 4.78 is 10.7. The van der Waals surface area contributed by atoms with E-state index in [1.807, 2.05) is 12.1 Å². The number of morpholine rings is 1. The minimum atomic E-state index is 0.443. The third kappa shape index (κ3) is 3.21. The Labute approximate surface area is 101 Å². The van der Waals surface area contributed by atoms with Gasteiger partial charge in [-0.05, 0) is 0 Å². The molecule has 1 aliphatic rings. The lowest BCUT2D eigenvalue weighted by atomic mass is 10.3. The maximum Gasteiger partial charge on any atom is 0.217 e. The first-order valence-corrected chi connectivity index (χ1v) is 5.73. The molecule has 6 nitrogen and oxygen atoms in total. The van der Waals surface area contributed by atoms with Gasteiger partial charge >= 0.3 is 0 Å². The number of hydrogen-bond acceptors (Lipinski definition) is 6. The van der Waals surface area contributed by atoms with Crippen molar-refractivity contribution in [2.24, 2.45) is 5.73 Å². The van der Waals surface area contributed by atoms with E-state index in [-0.39, 0.29) is 0 Å². The van der Waals surface area contributed by atoms with Crippen molar-refractivity contribution in [2.45, 2.75) is 0 Å². The first kappa shape index (κ1) is 11.9. The molecule has 0 aromatic carbocycles. The standard InChI is InChI=1S/C11H18N4O2/c12-1-4-17-11-8-9(7-10(13)14-11)15-2-5-16-6-3-15/h7-8H,1-6,12H2,(H2,13,14). The fourth-order valence-electron chi connectivity index (χ4n) is 1.75. The van der Waals surface area contributed by atoms with Crippen LogP contribution in [-0.2, 0) is 4.74 Å². The summed E-state index contributed by atoms with van der Waals surface area (Å²) in [7, 11) is 0. The first-order chi connectivity index (χ1) is 8.29.